The van der Waals surface area contributed by atoms with Crippen LogP contribution in [-0.4, -0.2) is 54.1 Å². The third kappa shape index (κ3) is 3.77. The number of rotatable bonds is 6. The Morgan fingerprint density at radius 2 is 1.94 bits per heavy atom. The first-order valence-electron chi connectivity index (χ1n) is 12.5. The number of hydrogen-bond acceptors (Lipinski definition) is 6. The van der Waals surface area contributed by atoms with Gasteiger partial charge in [-0.2, -0.15) is 0 Å². The predicted molar refractivity (Wildman–Crippen MR) is 134 cm³/mol. The van der Waals surface area contributed by atoms with Crippen molar-refractivity contribution >= 4 is 33.9 Å². The normalized spacial score (nSPS) is 17.8. The average Bonchev–Trinajstić information content (AvgIpc) is 3.57. The number of fused-ring (bicyclic) bond motifs is 2. The Morgan fingerprint density at radius 1 is 1.17 bits per heavy atom. The molecule has 1 aromatic carbocycles. The van der Waals surface area contributed by atoms with Crippen LogP contribution in [0.4, 0.5) is 5.82 Å². The van der Waals surface area contributed by atoms with E-state index in [1.165, 1.54) is 12.8 Å². The molecule has 0 radical (unpaired) electrons. The summed E-state index contributed by atoms with van der Waals surface area (Å²) in [7, 11) is 0. The van der Waals surface area contributed by atoms with Crippen molar-refractivity contribution in [2.45, 2.75) is 58.2 Å². The van der Waals surface area contributed by atoms with Crippen LogP contribution in [0.1, 0.15) is 56.2 Å². The molecule has 1 saturated heterocycles. The second-order valence-electron chi connectivity index (χ2n) is 9.68. The van der Waals surface area contributed by atoms with E-state index in [9.17, 15) is 9.59 Å². The molecule has 10 nitrogen and oxygen atoms in total. The topological polar surface area (TPSA) is 114 Å². The smallest absolute Gasteiger partial charge is 0.326 e. The molecule has 2 N–H and O–H groups in total. The number of aryl methyl sites for hydroxylation is 1. The summed E-state index contributed by atoms with van der Waals surface area (Å²) >= 11 is 0. The van der Waals surface area contributed by atoms with E-state index in [0.29, 0.717) is 29.5 Å². The minimum Gasteiger partial charge on any atom is -0.355 e. The van der Waals surface area contributed by atoms with Crippen molar-refractivity contribution in [1.29, 1.82) is 0 Å². The number of anilines is 1. The monoisotopic (exact) mass is 474 g/mol. The molecule has 10 heteroatoms. The van der Waals surface area contributed by atoms with Gasteiger partial charge in [0.1, 0.15) is 6.33 Å². The van der Waals surface area contributed by atoms with Gasteiger partial charge in [0.15, 0.2) is 17.0 Å². The molecule has 1 saturated carbocycles. The van der Waals surface area contributed by atoms with Crippen molar-refractivity contribution in [2.75, 3.05) is 18.0 Å². The zero-order valence-corrected chi connectivity index (χ0v) is 20.1. The fraction of sp³-hybridized carbons (Fsp3) is 0.480. The van der Waals surface area contributed by atoms with Crippen LogP contribution in [0, 0.1) is 5.92 Å². The number of aromatic amines is 1. The molecule has 2 aliphatic rings. The lowest BCUT2D eigenvalue weighted by Crippen LogP contribution is -2.37. The van der Waals surface area contributed by atoms with Gasteiger partial charge in [-0.3, -0.25) is 9.36 Å². The van der Waals surface area contributed by atoms with Crippen LogP contribution in [0.5, 0.6) is 0 Å². The summed E-state index contributed by atoms with van der Waals surface area (Å²) < 4.78 is 3.76. The van der Waals surface area contributed by atoms with Crippen LogP contribution in [0.3, 0.4) is 0 Å². The number of nitrogens with zero attached hydrogens (tertiary/aromatic N) is 6. The van der Waals surface area contributed by atoms with Gasteiger partial charge in [-0.05, 0) is 57.6 Å². The Hall–Kier alpha value is -3.69. The highest BCUT2D eigenvalue weighted by Gasteiger charge is 2.31. The fourth-order valence-electron chi connectivity index (χ4n) is 5.39. The van der Waals surface area contributed by atoms with Crippen LogP contribution in [0.2, 0.25) is 0 Å². The van der Waals surface area contributed by atoms with Crippen LogP contribution in [-0.2, 0) is 6.54 Å². The second-order valence-corrected chi connectivity index (χ2v) is 9.68. The average molecular weight is 475 g/mol. The number of amides is 1. The maximum atomic E-state index is 13.0. The van der Waals surface area contributed by atoms with E-state index in [1.807, 2.05) is 40.3 Å². The highest BCUT2D eigenvalue weighted by atomic mass is 16.2. The van der Waals surface area contributed by atoms with Crippen LogP contribution in [0.25, 0.3) is 22.2 Å². The number of piperidine rings is 1. The summed E-state index contributed by atoms with van der Waals surface area (Å²) in [6.07, 6.45) is 5.52. The maximum absolute atomic E-state index is 13.0. The number of aromatic nitrogens is 6. The molecule has 1 aliphatic carbocycles. The van der Waals surface area contributed by atoms with Gasteiger partial charge in [0, 0.05) is 31.7 Å². The molecule has 1 unspecified atom stereocenters. The highest BCUT2D eigenvalue weighted by Crippen LogP contribution is 2.33. The molecule has 6 rings (SSSR count). The molecule has 1 atom stereocenters. The molecule has 35 heavy (non-hydrogen) atoms. The Labute approximate surface area is 202 Å². The molecule has 0 bridgehead atoms. The largest absolute Gasteiger partial charge is 0.355 e. The van der Waals surface area contributed by atoms with Gasteiger partial charge in [-0.25, -0.2) is 19.7 Å². The van der Waals surface area contributed by atoms with E-state index < -0.39 is 0 Å². The van der Waals surface area contributed by atoms with E-state index >= 15 is 0 Å². The molecule has 3 aromatic heterocycles. The highest BCUT2D eigenvalue weighted by molar-refractivity contribution is 5.96. The molecule has 1 amide bonds. The Bertz CT molecular complexity index is 1460. The summed E-state index contributed by atoms with van der Waals surface area (Å²) in [5.41, 5.74) is 3.08. The molecule has 0 spiro atoms. The van der Waals surface area contributed by atoms with E-state index in [0.717, 1.165) is 42.8 Å². The lowest BCUT2D eigenvalue weighted by atomic mass is 10.0. The molecule has 2 fully saturated rings. The number of H-pyrrole nitrogens is 1. The molecule has 4 heterocycles. The number of benzene rings is 1. The summed E-state index contributed by atoms with van der Waals surface area (Å²) in [5.74, 6) is 1.54. The Morgan fingerprint density at radius 3 is 2.69 bits per heavy atom. The van der Waals surface area contributed by atoms with Gasteiger partial charge in [0.25, 0.3) is 5.91 Å². The van der Waals surface area contributed by atoms with Crippen molar-refractivity contribution in [1.82, 2.24) is 34.4 Å². The first kappa shape index (κ1) is 21.8. The zero-order valence-electron chi connectivity index (χ0n) is 20.1. The Kier molecular flexibility index (Phi) is 5.31. The van der Waals surface area contributed by atoms with E-state index in [4.69, 9.17) is 4.98 Å². The van der Waals surface area contributed by atoms with Crippen molar-refractivity contribution < 1.29 is 4.79 Å². The van der Waals surface area contributed by atoms with E-state index in [2.05, 4.69) is 32.1 Å². The summed E-state index contributed by atoms with van der Waals surface area (Å²) in [4.78, 5) is 44.6. The lowest BCUT2D eigenvalue weighted by molar-refractivity contribution is 0.0921. The van der Waals surface area contributed by atoms with Gasteiger partial charge in [0.05, 0.1) is 11.0 Å². The third-order valence-corrected chi connectivity index (χ3v) is 7.47. The van der Waals surface area contributed by atoms with Gasteiger partial charge < -0.3 is 19.8 Å². The summed E-state index contributed by atoms with van der Waals surface area (Å²) in [5, 5.41) is 3.11. The van der Waals surface area contributed by atoms with Crippen LogP contribution in [0.15, 0.2) is 35.4 Å². The Balaban J connectivity index is 1.27. The van der Waals surface area contributed by atoms with Gasteiger partial charge in [0.2, 0.25) is 5.82 Å². The van der Waals surface area contributed by atoms with E-state index in [1.54, 1.807) is 6.33 Å². The van der Waals surface area contributed by atoms with Crippen molar-refractivity contribution in [3.8, 4) is 0 Å². The van der Waals surface area contributed by atoms with Gasteiger partial charge >= 0.3 is 5.69 Å². The zero-order chi connectivity index (χ0) is 24.1. The molecular formula is C25H30N8O2. The fourth-order valence-corrected chi connectivity index (χ4v) is 5.39. The summed E-state index contributed by atoms with van der Waals surface area (Å²) in [6, 6.07) is 8.07. The molecule has 182 valence electrons. The predicted octanol–water partition coefficient (Wildman–Crippen LogP) is 2.86. The quantitative estimate of drug-likeness (QED) is 0.444. The van der Waals surface area contributed by atoms with Gasteiger partial charge in [-0.15, -0.1) is 0 Å². The third-order valence-electron chi connectivity index (χ3n) is 7.47. The minimum atomic E-state index is -0.160. The number of hydrogen-bond donors (Lipinski definition) is 2. The molecule has 1 aliphatic heterocycles. The minimum absolute atomic E-state index is 0.0631. The van der Waals surface area contributed by atoms with Crippen LogP contribution >= 0.6 is 0 Å². The molecular weight excluding hydrogens is 444 g/mol. The first-order chi connectivity index (χ1) is 17.0. The van der Waals surface area contributed by atoms with Gasteiger partial charge in [-0.1, -0.05) is 12.1 Å². The number of carbonyl (C=O) groups is 1. The van der Waals surface area contributed by atoms with Crippen molar-refractivity contribution in [3.05, 3.63) is 46.9 Å². The number of nitrogens with one attached hydrogen (secondary N) is 2. The van der Waals surface area contributed by atoms with E-state index in [-0.39, 0.29) is 23.7 Å². The SMILES string of the molecule is CCn1c(C(=O)NC(C)C2CC2)nc2c(N3CCC(n4c(=O)[nH]c5ccccc54)CC3)ncnc21. The maximum Gasteiger partial charge on any atom is 0.326 e. The summed E-state index contributed by atoms with van der Waals surface area (Å²) in [6.45, 7) is 6.13. The number of carbonyl (C=O) groups excluding carboxylic acids is 1. The molecule has 4 aromatic rings. The standard InChI is InChI=1S/C25H30N8O2/c1-3-32-22-20(30-23(32)24(34)28-15(2)16-8-9-16)21(26-14-27-22)31-12-10-17(11-13-31)33-19-7-5-4-6-18(19)29-25(33)35/h4-7,14-17H,3,8-13H2,1-2H3,(H,28,34)(H,29,35). The lowest BCUT2D eigenvalue weighted by Gasteiger charge is -2.33. The first-order valence-corrected chi connectivity index (χ1v) is 12.5. The van der Waals surface area contributed by atoms with Crippen molar-refractivity contribution in [2.24, 2.45) is 5.92 Å². The number of imidazole rings is 2. The number of para-hydroxylation sites is 2. The van der Waals surface area contributed by atoms with Crippen molar-refractivity contribution in [3.63, 3.8) is 0 Å². The second kappa shape index (κ2) is 8.51. The van der Waals surface area contributed by atoms with Crippen LogP contribution < -0.4 is 15.9 Å².